The molecule has 0 bridgehead atoms. The van der Waals surface area contributed by atoms with Crippen molar-refractivity contribution >= 4 is 26.6 Å². The van der Waals surface area contributed by atoms with Crippen LogP contribution >= 0.6 is 0 Å². The number of hydrogen-bond donors (Lipinski definition) is 2. The fraction of sp³-hybridized carbons (Fsp3) is 0.455. The molecule has 4 rings (SSSR count). The molecule has 0 spiro atoms. The van der Waals surface area contributed by atoms with E-state index in [1.54, 1.807) is 17.1 Å². The zero-order chi connectivity index (χ0) is 14.4. The number of hydrogen-bond acceptors (Lipinski definition) is 7. The van der Waals surface area contributed by atoms with Gasteiger partial charge in [-0.1, -0.05) is 0 Å². The maximum atomic E-state index is 11.7. The second kappa shape index (κ2) is 4.46. The molecule has 1 atom stereocenters. The van der Waals surface area contributed by atoms with Gasteiger partial charge in [0.15, 0.2) is 21.1 Å². The van der Waals surface area contributed by atoms with E-state index in [1.165, 1.54) is 0 Å². The monoisotopic (exact) mass is 307 g/mol. The van der Waals surface area contributed by atoms with Gasteiger partial charge in [-0.25, -0.2) is 18.4 Å². The summed E-state index contributed by atoms with van der Waals surface area (Å²) >= 11 is 0. The first kappa shape index (κ1) is 12.7. The highest BCUT2D eigenvalue weighted by molar-refractivity contribution is 7.91. The number of nitrogens with one attached hydrogen (secondary N) is 2. The van der Waals surface area contributed by atoms with Crippen molar-refractivity contribution in [2.45, 2.75) is 12.5 Å². The summed E-state index contributed by atoms with van der Waals surface area (Å²) in [7, 11) is -2.97. The van der Waals surface area contributed by atoms with Crippen molar-refractivity contribution in [3.8, 4) is 0 Å². The molecule has 9 nitrogen and oxygen atoms in total. The average molecular weight is 307 g/mol. The molecule has 0 amide bonds. The van der Waals surface area contributed by atoms with Crippen molar-refractivity contribution < 1.29 is 8.42 Å². The van der Waals surface area contributed by atoms with E-state index in [1.807, 2.05) is 0 Å². The predicted octanol–water partition coefficient (Wildman–Crippen LogP) is -1.07. The lowest BCUT2D eigenvalue weighted by atomic mass is 10.2. The zero-order valence-electron chi connectivity index (χ0n) is 11.0. The summed E-state index contributed by atoms with van der Waals surface area (Å²) in [6, 6.07) is -0.145. The molecule has 1 saturated heterocycles. The summed E-state index contributed by atoms with van der Waals surface area (Å²) in [6.45, 7) is 0.479. The van der Waals surface area contributed by atoms with Crippen LogP contribution in [0.25, 0.3) is 16.8 Å². The highest BCUT2D eigenvalue weighted by atomic mass is 32.2. The number of H-pyrrole nitrogens is 1. The standard InChI is InChI=1S/C11H13N7O2S/c19-21(20)2-1-12-7(4-21)3-8-16-17-11-9-10(14-5-13-9)15-6-18(8)11/h5-7,12H,1-4H2,(H,13,14). The van der Waals surface area contributed by atoms with Gasteiger partial charge in [0.2, 0.25) is 0 Å². The molecule has 0 aliphatic carbocycles. The highest BCUT2D eigenvalue weighted by Gasteiger charge is 2.26. The Morgan fingerprint density at radius 2 is 2.24 bits per heavy atom. The van der Waals surface area contributed by atoms with Gasteiger partial charge in [0, 0.05) is 19.0 Å². The molecule has 1 unspecified atom stereocenters. The maximum absolute atomic E-state index is 11.7. The van der Waals surface area contributed by atoms with Crippen LogP contribution in [0.3, 0.4) is 0 Å². The van der Waals surface area contributed by atoms with E-state index in [9.17, 15) is 8.42 Å². The number of nitrogens with zero attached hydrogens (tertiary/aromatic N) is 5. The summed E-state index contributed by atoms with van der Waals surface area (Å²) in [5.74, 6) is 1.01. The molecule has 4 heterocycles. The largest absolute Gasteiger partial charge is 0.340 e. The van der Waals surface area contributed by atoms with Crippen LogP contribution in [0.5, 0.6) is 0 Å². The third kappa shape index (κ3) is 2.16. The normalized spacial score (nSPS) is 22.0. The minimum Gasteiger partial charge on any atom is -0.340 e. The Hall–Kier alpha value is -2.07. The first-order valence-corrected chi connectivity index (χ1v) is 8.40. The Balaban J connectivity index is 1.70. The Bertz CT molecular complexity index is 913. The van der Waals surface area contributed by atoms with E-state index in [4.69, 9.17) is 0 Å². The maximum Gasteiger partial charge on any atom is 0.189 e. The topological polar surface area (TPSA) is 118 Å². The summed E-state index contributed by atoms with van der Waals surface area (Å²) in [5.41, 5.74) is 1.95. The van der Waals surface area contributed by atoms with Gasteiger partial charge in [0.05, 0.1) is 17.8 Å². The van der Waals surface area contributed by atoms with Crippen LogP contribution < -0.4 is 5.32 Å². The van der Waals surface area contributed by atoms with E-state index >= 15 is 0 Å². The van der Waals surface area contributed by atoms with Crippen molar-refractivity contribution in [2.24, 2.45) is 0 Å². The van der Waals surface area contributed by atoms with Gasteiger partial charge in [0.1, 0.15) is 17.7 Å². The second-order valence-corrected chi connectivity index (χ2v) is 7.35. The summed E-state index contributed by atoms with van der Waals surface area (Å²) in [4.78, 5) is 11.3. The molecule has 1 aliphatic rings. The smallest absolute Gasteiger partial charge is 0.189 e. The van der Waals surface area contributed by atoms with Crippen LogP contribution in [-0.4, -0.2) is 62.1 Å². The fourth-order valence-electron chi connectivity index (χ4n) is 2.64. The second-order valence-electron chi connectivity index (χ2n) is 5.13. The van der Waals surface area contributed by atoms with Gasteiger partial charge in [0.25, 0.3) is 0 Å². The van der Waals surface area contributed by atoms with E-state index in [0.717, 1.165) is 5.52 Å². The predicted molar refractivity (Wildman–Crippen MR) is 74.6 cm³/mol. The van der Waals surface area contributed by atoms with E-state index < -0.39 is 9.84 Å². The van der Waals surface area contributed by atoms with Gasteiger partial charge in [-0.15, -0.1) is 10.2 Å². The molecule has 3 aromatic rings. The molecule has 0 aromatic carbocycles. The van der Waals surface area contributed by atoms with E-state index in [0.29, 0.717) is 30.1 Å². The molecule has 0 radical (unpaired) electrons. The number of aromatic amines is 1. The fourth-order valence-corrected chi connectivity index (χ4v) is 4.08. The number of rotatable bonds is 2. The average Bonchev–Trinajstić information content (AvgIpc) is 3.03. The Morgan fingerprint density at radius 1 is 1.33 bits per heavy atom. The first-order valence-electron chi connectivity index (χ1n) is 6.58. The summed E-state index contributed by atoms with van der Waals surface area (Å²) in [6.07, 6.45) is 3.66. The lowest BCUT2D eigenvalue weighted by molar-refractivity contribution is 0.507. The number of sulfone groups is 1. The minimum absolute atomic E-state index is 0.127. The molecule has 2 N–H and O–H groups in total. The van der Waals surface area contributed by atoms with Crippen molar-refractivity contribution in [3.63, 3.8) is 0 Å². The number of fused-ring (bicyclic) bond motifs is 3. The Morgan fingerprint density at radius 3 is 3.10 bits per heavy atom. The van der Waals surface area contributed by atoms with Crippen molar-refractivity contribution in [2.75, 3.05) is 18.1 Å². The third-order valence-corrected chi connectivity index (χ3v) is 5.37. The van der Waals surface area contributed by atoms with Gasteiger partial charge >= 0.3 is 0 Å². The number of imidazole rings is 1. The molecule has 1 fully saturated rings. The molecular formula is C11H13N7O2S. The van der Waals surface area contributed by atoms with E-state index in [-0.39, 0.29) is 17.5 Å². The van der Waals surface area contributed by atoms with Crippen LogP contribution in [0.1, 0.15) is 5.82 Å². The molecule has 3 aromatic heterocycles. The zero-order valence-corrected chi connectivity index (χ0v) is 11.8. The van der Waals surface area contributed by atoms with Gasteiger partial charge < -0.3 is 10.3 Å². The van der Waals surface area contributed by atoms with Crippen LogP contribution in [-0.2, 0) is 16.3 Å². The van der Waals surface area contributed by atoms with Crippen LogP contribution in [0.2, 0.25) is 0 Å². The van der Waals surface area contributed by atoms with Gasteiger partial charge in [-0.3, -0.25) is 4.40 Å². The Labute approximate surface area is 119 Å². The van der Waals surface area contributed by atoms with E-state index in [2.05, 4.69) is 30.5 Å². The SMILES string of the molecule is O=S1(=O)CCNC(Cc2nnc3c4[nH]cnc4ncn23)C1. The summed E-state index contributed by atoms with van der Waals surface area (Å²) < 4.78 is 25.1. The lowest BCUT2D eigenvalue weighted by Gasteiger charge is -2.22. The van der Waals surface area contributed by atoms with Crippen molar-refractivity contribution in [1.82, 2.24) is 34.9 Å². The minimum atomic E-state index is -2.97. The van der Waals surface area contributed by atoms with Gasteiger partial charge in [-0.2, -0.15) is 0 Å². The molecule has 1 aliphatic heterocycles. The molecular weight excluding hydrogens is 294 g/mol. The van der Waals surface area contributed by atoms with Gasteiger partial charge in [-0.05, 0) is 0 Å². The first-order chi connectivity index (χ1) is 10.1. The molecule has 10 heteroatoms. The third-order valence-electron chi connectivity index (χ3n) is 3.64. The van der Waals surface area contributed by atoms with Crippen LogP contribution in [0, 0.1) is 0 Å². The quantitative estimate of drug-likeness (QED) is 0.619. The summed E-state index contributed by atoms with van der Waals surface area (Å²) in [5, 5.41) is 11.5. The highest BCUT2D eigenvalue weighted by Crippen LogP contribution is 2.14. The molecule has 0 saturated carbocycles. The lowest BCUT2D eigenvalue weighted by Crippen LogP contribution is -2.46. The van der Waals surface area contributed by atoms with Crippen molar-refractivity contribution in [1.29, 1.82) is 0 Å². The van der Waals surface area contributed by atoms with Crippen LogP contribution in [0.4, 0.5) is 0 Å². The number of aromatic nitrogens is 6. The Kier molecular flexibility index (Phi) is 2.69. The van der Waals surface area contributed by atoms with Crippen molar-refractivity contribution in [3.05, 3.63) is 18.5 Å². The molecule has 21 heavy (non-hydrogen) atoms. The molecule has 110 valence electrons. The van der Waals surface area contributed by atoms with Crippen LogP contribution in [0.15, 0.2) is 12.7 Å².